The quantitative estimate of drug-likeness (QED) is 0.812. The third-order valence-electron chi connectivity index (χ3n) is 4.26. The van der Waals surface area contributed by atoms with Crippen LogP contribution in [0.5, 0.6) is 0 Å². The SMILES string of the molecule is c1ccc(CC(CNC2CC2)CC2CCCO2)cc1. The lowest BCUT2D eigenvalue weighted by molar-refractivity contribution is 0.0892. The minimum atomic E-state index is 0.509. The van der Waals surface area contributed by atoms with E-state index in [0.29, 0.717) is 12.0 Å². The molecule has 1 aliphatic heterocycles. The van der Waals surface area contributed by atoms with Gasteiger partial charge in [-0.1, -0.05) is 30.3 Å². The van der Waals surface area contributed by atoms with Gasteiger partial charge in [0.1, 0.15) is 0 Å². The normalized spacial score (nSPS) is 24.5. The van der Waals surface area contributed by atoms with Crippen molar-refractivity contribution in [3.8, 4) is 0 Å². The average Bonchev–Trinajstić information content (AvgIpc) is 3.13. The van der Waals surface area contributed by atoms with Crippen LogP contribution in [0.4, 0.5) is 0 Å². The third-order valence-corrected chi connectivity index (χ3v) is 4.26. The number of hydrogen-bond acceptors (Lipinski definition) is 2. The van der Waals surface area contributed by atoms with Crippen molar-refractivity contribution in [1.29, 1.82) is 0 Å². The Bertz CT molecular complexity index is 368. The summed E-state index contributed by atoms with van der Waals surface area (Å²) in [5.41, 5.74) is 1.46. The molecule has 2 unspecified atom stereocenters. The second-order valence-electron chi connectivity index (χ2n) is 6.11. The standard InChI is InChI=1S/C17H25NO/c1-2-5-14(6-3-1)11-15(13-18-16-8-9-16)12-17-7-4-10-19-17/h1-3,5-6,15-18H,4,7-13H2. The minimum absolute atomic E-state index is 0.509. The fourth-order valence-corrected chi connectivity index (χ4v) is 3.01. The minimum Gasteiger partial charge on any atom is -0.378 e. The first-order chi connectivity index (χ1) is 9.40. The van der Waals surface area contributed by atoms with Gasteiger partial charge in [0.15, 0.2) is 0 Å². The van der Waals surface area contributed by atoms with Crippen molar-refractivity contribution in [2.75, 3.05) is 13.2 Å². The topological polar surface area (TPSA) is 21.3 Å². The molecule has 1 aromatic rings. The molecule has 0 bridgehead atoms. The van der Waals surface area contributed by atoms with E-state index in [1.54, 1.807) is 0 Å². The zero-order chi connectivity index (χ0) is 12.9. The van der Waals surface area contributed by atoms with E-state index < -0.39 is 0 Å². The Kier molecular flexibility index (Phi) is 4.52. The lowest BCUT2D eigenvalue weighted by atomic mass is 9.92. The second-order valence-corrected chi connectivity index (χ2v) is 6.11. The van der Waals surface area contributed by atoms with E-state index in [9.17, 15) is 0 Å². The molecule has 104 valence electrons. The molecule has 2 nitrogen and oxygen atoms in total. The van der Waals surface area contributed by atoms with Crippen molar-refractivity contribution in [3.63, 3.8) is 0 Å². The van der Waals surface area contributed by atoms with Crippen LogP contribution in [0.25, 0.3) is 0 Å². The number of hydrogen-bond donors (Lipinski definition) is 1. The molecule has 0 amide bonds. The van der Waals surface area contributed by atoms with Gasteiger partial charge in [0.25, 0.3) is 0 Å². The summed E-state index contributed by atoms with van der Waals surface area (Å²) >= 11 is 0. The van der Waals surface area contributed by atoms with Crippen LogP contribution >= 0.6 is 0 Å². The Balaban J connectivity index is 1.54. The molecule has 1 N–H and O–H groups in total. The molecule has 3 rings (SSSR count). The molecule has 0 aromatic heterocycles. The van der Waals surface area contributed by atoms with E-state index in [2.05, 4.69) is 35.6 Å². The molecule has 2 atom stereocenters. The van der Waals surface area contributed by atoms with Gasteiger partial charge in [0.05, 0.1) is 6.10 Å². The van der Waals surface area contributed by atoms with Gasteiger partial charge in [-0.2, -0.15) is 0 Å². The smallest absolute Gasteiger partial charge is 0.0579 e. The monoisotopic (exact) mass is 259 g/mol. The van der Waals surface area contributed by atoms with Gasteiger partial charge in [-0.25, -0.2) is 0 Å². The molecule has 1 aromatic carbocycles. The summed E-state index contributed by atoms with van der Waals surface area (Å²) in [7, 11) is 0. The first kappa shape index (κ1) is 13.1. The highest BCUT2D eigenvalue weighted by atomic mass is 16.5. The molecule has 1 aliphatic carbocycles. The zero-order valence-corrected chi connectivity index (χ0v) is 11.7. The van der Waals surface area contributed by atoms with Crippen molar-refractivity contribution < 1.29 is 4.74 Å². The van der Waals surface area contributed by atoms with Crippen LogP contribution in [0.15, 0.2) is 30.3 Å². The van der Waals surface area contributed by atoms with E-state index in [1.165, 1.54) is 44.1 Å². The fourth-order valence-electron chi connectivity index (χ4n) is 3.01. The van der Waals surface area contributed by atoms with Crippen LogP contribution in [-0.4, -0.2) is 25.3 Å². The van der Waals surface area contributed by atoms with Gasteiger partial charge < -0.3 is 10.1 Å². The average molecular weight is 259 g/mol. The van der Waals surface area contributed by atoms with E-state index in [1.807, 2.05) is 0 Å². The van der Waals surface area contributed by atoms with Crippen LogP contribution in [0.2, 0.25) is 0 Å². The van der Waals surface area contributed by atoms with Crippen molar-refractivity contribution in [1.82, 2.24) is 5.32 Å². The van der Waals surface area contributed by atoms with E-state index in [-0.39, 0.29) is 0 Å². The molecule has 19 heavy (non-hydrogen) atoms. The zero-order valence-electron chi connectivity index (χ0n) is 11.7. The molecule has 2 fully saturated rings. The molecule has 0 radical (unpaired) electrons. The van der Waals surface area contributed by atoms with Crippen LogP contribution in [0.3, 0.4) is 0 Å². The summed E-state index contributed by atoms with van der Waals surface area (Å²) < 4.78 is 5.82. The predicted molar refractivity (Wildman–Crippen MR) is 78.3 cm³/mol. The maximum absolute atomic E-state index is 5.82. The first-order valence-corrected chi connectivity index (χ1v) is 7.79. The lowest BCUT2D eigenvalue weighted by Gasteiger charge is -2.21. The summed E-state index contributed by atoms with van der Waals surface area (Å²) in [5.74, 6) is 0.714. The lowest BCUT2D eigenvalue weighted by Crippen LogP contribution is -2.28. The molecule has 2 heteroatoms. The van der Waals surface area contributed by atoms with Gasteiger partial charge in [0, 0.05) is 12.6 Å². The Morgan fingerprint density at radius 1 is 1.16 bits per heavy atom. The number of rotatable bonds is 7. The van der Waals surface area contributed by atoms with Crippen molar-refractivity contribution in [3.05, 3.63) is 35.9 Å². The summed E-state index contributed by atoms with van der Waals surface area (Å²) in [6.07, 6.45) is 8.16. The van der Waals surface area contributed by atoms with Crippen LogP contribution in [0.1, 0.15) is 37.7 Å². The highest BCUT2D eigenvalue weighted by Gasteiger charge is 2.25. The molecule has 2 aliphatic rings. The fraction of sp³-hybridized carbons (Fsp3) is 0.647. The molecular weight excluding hydrogens is 234 g/mol. The van der Waals surface area contributed by atoms with E-state index >= 15 is 0 Å². The summed E-state index contributed by atoms with van der Waals surface area (Å²) in [5, 5.41) is 3.70. The van der Waals surface area contributed by atoms with Crippen molar-refractivity contribution in [2.24, 2.45) is 5.92 Å². The maximum atomic E-state index is 5.82. The number of nitrogens with one attached hydrogen (secondary N) is 1. The summed E-state index contributed by atoms with van der Waals surface area (Å²) in [6, 6.07) is 11.7. The highest BCUT2D eigenvalue weighted by Crippen LogP contribution is 2.24. The summed E-state index contributed by atoms with van der Waals surface area (Å²) in [6.45, 7) is 2.12. The summed E-state index contributed by atoms with van der Waals surface area (Å²) in [4.78, 5) is 0. The molecular formula is C17H25NO. The predicted octanol–water partition coefficient (Wildman–Crippen LogP) is 3.17. The second kappa shape index (κ2) is 6.53. The number of ether oxygens (including phenoxy) is 1. The highest BCUT2D eigenvalue weighted by molar-refractivity contribution is 5.15. The van der Waals surface area contributed by atoms with Crippen LogP contribution < -0.4 is 5.32 Å². The Hall–Kier alpha value is -0.860. The van der Waals surface area contributed by atoms with Gasteiger partial charge in [-0.05, 0) is 56.6 Å². The first-order valence-electron chi connectivity index (χ1n) is 7.79. The van der Waals surface area contributed by atoms with E-state index in [4.69, 9.17) is 4.74 Å². The van der Waals surface area contributed by atoms with Gasteiger partial charge in [-0.15, -0.1) is 0 Å². The van der Waals surface area contributed by atoms with Gasteiger partial charge in [0.2, 0.25) is 0 Å². The van der Waals surface area contributed by atoms with Crippen molar-refractivity contribution in [2.45, 2.75) is 50.7 Å². The number of benzene rings is 1. The van der Waals surface area contributed by atoms with Gasteiger partial charge >= 0.3 is 0 Å². The Morgan fingerprint density at radius 3 is 2.68 bits per heavy atom. The van der Waals surface area contributed by atoms with E-state index in [0.717, 1.165) is 19.2 Å². The molecule has 1 saturated carbocycles. The van der Waals surface area contributed by atoms with Crippen LogP contribution in [0, 0.1) is 5.92 Å². The third kappa shape index (κ3) is 4.32. The Morgan fingerprint density at radius 2 is 2.00 bits per heavy atom. The maximum Gasteiger partial charge on any atom is 0.0579 e. The van der Waals surface area contributed by atoms with Crippen molar-refractivity contribution >= 4 is 0 Å². The largest absolute Gasteiger partial charge is 0.378 e. The molecule has 1 saturated heterocycles. The Labute approximate surface area is 116 Å². The van der Waals surface area contributed by atoms with Gasteiger partial charge in [-0.3, -0.25) is 0 Å². The van der Waals surface area contributed by atoms with Crippen LogP contribution in [-0.2, 0) is 11.2 Å². The molecule has 1 heterocycles. The molecule has 0 spiro atoms.